The van der Waals surface area contributed by atoms with Crippen LogP contribution in [0.1, 0.15) is 13.3 Å². The Morgan fingerprint density at radius 1 is 1.25 bits per heavy atom. The van der Waals surface area contributed by atoms with Crippen LogP contribution < -0.4 is 0 Å². The molecular weight excluding hydrogens is 208 g/mol. The van der Waals surface area contributed by atoms with Crippen molar-refractivity contribution in [1.29, 1.82) is 0 Å². The molecule has 1 unspecified atom stereocenters. The van der Waals surface area contributed by atoms with E-state index < -0.39 is 0 Å². The molecule has 1 atom stereocenters. The number of thiol groups is 1. The van der Waals surface area contributed by atoms with E-state index in [1.54, 1.807) is 11.8 Å². The van der Waals surface area contributed by atoms with Gasteiger partial charge in [0.25, 0.3) is 0 Å². The summed E-state index contributed by atoms with van der Waals surface area (Å²) in [7, 11) is 0. The van der Waals surface area contributed by atoms with Crippen molar-refractivity contribution in [2.24, 2.45) is 0 Å². The zero-order valence-corrected chi connectivity index (χ0v) is 10.1. The van der Waals surface area contributed by atoms with Gasteiger partial charge in [-0.25, -0.2) is 0 Å². The van der Waals surface area contributed by atoms with Crippen LogP contribution in [0.2, 0.25) is 0 Å². The predicted molar refractivity (Wildman–Crippen MR) is 64.8 cm³/mol. The summed E-state index contributed by atoms with van der Waals surface area (Å²) in [6.45, 7) is 2.16. The van der Waals surface area contributed by atoms with Crippen molar-refractivity contribution in [3.8, 4) is 0 Å². The van der Waals surface area contributed by atoms with Gasteiger partial charge in [-0.15, -0.1) is 0 Å². The normalized spacial score (nSPS) is 13.2. The van der Waals surface area contributed by atoms with E-state index >= 15 is 0 Å². The number of hydrogen-bond acceptors (Lipinski definition) is 4. The summed E-state index contributed by atoms with van der Waals surface area (Å²) in [5.41, 5.74) is 0. The Hall–Kier alpha value is 1.01. The summed E-state index contributed by atoms with van der Waals surface area (Å²) >= 11 is 7.72. The highest BCUT2D eigenvalue weighted by atomic mass is 32.2. The predicted octanol–water partition coefficient (Wildman–Crippen LogP) is 2.15. The van der Waals surface area contributed by atoms with E-state index in [0.717, 1.165) is 28.8 Å². The molecule has 74 valence electrons. The quantitative estimate of drug-likeness (QED) is 0.489. The molecule has 1 N–H and O–H groups in total. The molecule has 4 heteroatoms. The van der Waals surface area contributed by atoms with Gasteiger partial charge in [0, 0.05) is 17.3 Å². The third kappa shape index (κ3) is 9.10. The average Bonchev–Trinajstić information content (AvgIpc) is 2.06. The van der Waals surface area contributed by atoms with E-state index in [0.29, 0.717) is 0 Å². The van der Waals surface area contributed by atoms with Gasteiger partial charge in [0.1, 0.15) is 0 Å². The maximum atomic E-state index is 9.44. The smallest absolute Gasteiger partial charge is 0.0720 e. The largest absolute Gasteiger partial charge is 0.391 e. The Balaban J connectivity index is 3.04. The van der Waals surface area contributed by atoms with E-state index in [1.165, 1.54) is 6.42 Å². The number of rotatable bonds is 8. The first-order chi connectivity index (χ1) is 5.81. The molecule has 0 saturated heterocycles. The lowest BCUT2D eigenvalue weighted by Crippen LogP contribution is -2.13. The van der Waals surface area contributed by atoms with Crippen molar-refractivity contribution in [2.45, 2.75) is 19.4 Å². The van der Waals surface area contributed by atoms with Crippen LogP contribution in [0.15, 0.2) is 0 Å². The molecule has 0 aromatic heterocycles. The summed E-state index contributed by atoms with van der Waals surface area (Å²) in [4.78, 5) is 0. The summed E-state index contributed by atoms with van der Waals surface area (Å²) in [6.07, 6.45) is 1.06. The molecule has 0 aliphatic heterocycles. The topological polar surface area (TPSA) is 20.2 Å². The van der Waals surface area contributed by atoms with Crippen LogP contribution in [0.25, 0.3) is 0 Å². The third-order valence-electron chi connectivity index (χ3n) is 1.20. The van der Waals surface area contributed by atoms with Crippen LogP contribution in [0.4, 0.5) is 0 Å². The van der Waals surface area contributed by atoms with Crippen molar-refractivity contribution in [2.75, 3.05) is 28.8 Å². The fraction of sp³-hybridized carbons (Fsp3) is 1.00. The van der Waals surface area contributed by atoms with E-state index in [2.05, 4.69) is 19.6 Å². The number of aliphatic hydroxyl groups is 1. The van der Waals surface area contributed by atoms with Gasteiger partial charge < -0.3 is 5.11 Å². The van der Waals surface area contributed by atoms with Gasteiger partial charge in [-0.05, 0) is 17.9 Å². The highest BCUT2D eigenvalue weighted by Crippen LogP contribution is 2.09. The average molecular weight is 226 g/mol. The molecule has 0 rings (SSSR count). The molecule has 0 fully saturated rings. The van der Waals surface area contributed by atoms with Crippen molar-refractivity contribution >= 4 is 36.2 Å². The first kappa shape index (κ1) is 13.0. The summed E-state index contributed by atoms with van der Waals surface area (Å²) in [5, 5.41) is 9.44. The summed E-state index contributed by atoms with van der Waals surface area (Å²) < 4.78 is 0. The molecule has 0 heterocycles. The number of aliphatic hydroxyl groups excluding tert-OH is 1. The highest BCUT2D eigenvalue weighted by molar-refractivity contribution is 8.00. The van der Waals surface area contributed by atoms with Crippen molar-refractivity contribution < 1.29 is 5.11 Å². The fourth-order valence-corrected chi connectivity index (χ4v) is 2.76. The fourth-order valence-electron chi connectivity index (χ4n) is 0.696. The minimum atomic E-state index is -0.133. The molecular formula is C8H18OS3. The van der Waals surface area contributed by atoms with Gasteiger partial charge in [-0.3, -0.25) is 0 Å². The Labute approximate surface area is 89.5 Å². The maximum Gasteiger partial charge on any atom is 0.0720 e. The third-order valence-corrected chi connectivity index (χ3v) is 4.16. The van der Waals surface area contributed by atoms with Gasteiger partial charge in [-0.1, -0.05) is 6.92 Å². The second-order valence-electron chi connectivity index (χ2n) is 2.53. The van der Waals surface area contributed by atoms with Crippen LogP contribution in [0.5, 0.6) is 0 Å². The zero-order chi connectivity index (χ0) is 9.23. The van der Waals surface area contributed by atoms with Gasteiger partial charge >= 0.3 is 0 Å². The van der Waals surface area contributed by atoms with Crippen LogP contribution in [-0.4, -0.2) is 40.0 Å². The van der Waals surface area contributed by atoms with E-state index in [1.807, 2.05) is 11.8 Å². The van der Waals surface area contributed by atoms with E-state index in [4.69, 9.17) is 0 Å². The number of hydrogen-bond donors (Lipinski definition) is 2. The molecule has 0 aromatic rings. The van der Waals surface area contributed by atoms with E-state index in [9.17, 15) is 5.11 Å². The Kier molecular flexibility index (Phi) is 10.9. The van der Waals surface area contributed by atoms with Gasteiger partial charge in [0.2, 0.25) is 0 Å². The molecule has 0 aromatic carbocycles. The van der Waals surface area contributed by atoms with Crippen LogP contribution in [0.3, 0.4) is 0 Å². The van der Waals surface area contributed by atoms with E-state index in [-0.39, 0.29) is 6.10 Å². The second-order valence-corrected chi connectivity index (χ2v) is 5.27. The lowest BCUT2D eigenvalue weighted by Gasteiger charge is -2.08. The summed E-state index contributed by atoms with van der Waals surface area (Å²) in [5.74, 6) is 4.84. The SMILES string of the molecule is CCCSCC(O)CSCCS. The second kappa shape index (κ2) is 10.1. The molecule has 0 radical (unpaired) electrons. The van der Waals surface area contributed by atoms with Crippen LogP contribution in [0, 0.1) is 0 Å². The Morgan fingerprint density at radius 2 is 1.83 bits per heavy atom. The molecule has 0 bridgehead atoms. The van der Waals surface area contributed by atoms with Crippen molar-refractivity contribution in [3.63, 3.8) is 0 Å². The van der Waals surface area contributed by atoms with Crippen molar-refractivity contribution in [1.82, 2.24) is 0 Å². The van der Waals surface area contributed by atoms with Gasteiger partial charge in [0.15, 0.2) is 0 Å². The molecule has 0 aliphatic rings. The molecule has 0 saturated carbocycles. The monoisotopic (exact) mass is 226 g/mol. The van der Waals surface area contributed by atoms with Crippen molar-refractivity contribution in [3.05, 3.63) is 0 Å². The number of thioether (sulfide) groups is 2. The minimum absolute atomic E-state index is 0.133. The van der Waals surface area contributed by atoms with Gasteiger partial charge in [0.05, 0.1) is 6.10 Å². The maximum absolute atomic E-state index is 9.44. The summed E-state index contributed by atoms with van der Waals surface area (Å²) in [6, 6.07) is 0. The van der Waals surface area contributed by atoms with Crippen LogP contribution in [-0.2, 0) is 0 Å². The molecule has 0 amide bonds. The molecule has 1 nitrogen and oxygen atoms in total. The lowest BCUT2D eigenvalue weighted by molar-refractivity contribution is 0.225. The van der Waals surface area contributed by atoms with Gasteiger partial charge in [-0.2, -0.15) is 36.2 Å². The standard InChI is InChI=1S/C8H18OS3/c1-2-4-11-6-8(9)7-12-5-3-10/h8-10H,2-7H2,1H3. The Morgan fingerprint density at radius 3 is 2.33 bits per heavy atom. The minimum Gasteiger partial charge on any atom is -0.391 e. The molecule has 0 aliphatic carbocycles. The first-order valence-corrected chi connectivity index (χ1v) is 7.19. The molecule has 12 heavy (non-hydrogen) atoms. The first-order valence-electron chi connectivity index (χ1n) is 4.25. The Bertz CT molecular complexity index is 80.4. The molecule has 0 spiro atoms. The highest BCUT2D eigenvalue weighted by Gasteiger charge is 2.02. The zero-order valence-electron chi connectivity index (χ0n) is 7.53. The van der Waals surface area contributed by atoms with Crippen LogP contribution >= 0.6 is 36.2 Å². The lowest BCUT2D eigenvalue weighted by atomic mass is 10.5.